The minimum Gasteiger partial charge on any atom is -0.453 e. The van der Waals surface area contributed by atoms with Crippen molar-refractivity contribution >= 4 is 23.3 Å². The van der Waals surface area contributed by atoms with Gasteiger partial charge in [-0.2, -0.15) is 0 Å². The van der Waals surface area contributed by atoms with E-state index in [-0.39, 0.29) is 17.8 Å². The normalized spacial score (nSPS) is 11.7. The summed E-state index contributed by atoms with van der Waals surface area (Å²) in [5, 5.41) is 17.2. The zero-order valence-electron chi connectivity index (χ0n) is 14.6. The smallest absolute Gasteiger partial charge is 0.306 e. The van der Waals surface area contributed by atoms with Gasteiger partial charge in [-0.15, -0.1) is 0 Å². The monoisotopic (exact) mass is 361 g/mol. The van der Waals surface area contributed by atoms with E-state index >= 15 is 0 Å². The summed E-state index contributed by atoms with van der Waals surface area (Å²) in [5.41, 5.74) is 1.34. The van der Waals surface area contributed by atoms with E-state index in [1.807, 2.05) is 0 Å². The fraction of sp³-hybridized carbons (Fsp3) is 0.353. The molecular weight excluding hydrogens is 342 g/mol. The number of rotatable bonds is 7. The second-order valence-corrected chi connectivity index (χ2v) is 5.70. The zero-order chi connectivity index (χ0) is 19.3. The minimum atomic E-state index is -1.09. The van der Waals surface area contributed by atoms with Gasteiger partial charge in [-0.25, -0.2) is 0 Å². The molecular formula is C17H19N3O6. The first-order valence-corrected chi connectivity index (χ1v) is 7.95. The molecule has 1 amide bonds. The number of anilines is 1. The molecule has 2 rings (SSSR count). The molecule has 1 aromatic carbocycles. The van der Waals surface area contributed by atoms with Crippen LogP contribution in [0, 0.1) is 24.0 Å². The highest BCUT2D eigenvalue weighted by molar-refractivity contribution is 5.96. The van der Waals surface area contributed by atoms with Crippen molar-refractivity contribution in [1.82, 2.24) is 5.16 Å². The van der Waals surface area contributed by atoms with Gasteiger partial charge in [0.2, 0.25) is 0 Å². The molecule has 0 saturated heterocycles. The quantitative estimate of drug-likeness (QED) is 0.456. The number of aromatic nitrogens is 1. The van der Waals surface area contributed by atoms with E-state index < -0.39 is 22.9 Å². The van der Waals surface area contributed by atoms with Crippen molar-refractivity contribution < 1.29 is 23.8 Å². The van der Waals surface area contributed by atoms with Crippen LogP contribution in [0.2, 0.25) is 0 Å². The molecule has 0 fully saturated rings. The fourth-order valence-corrected chi connectivity index (χ4v) is 2.37. The van der Waals surface area contributed by atoms with Crippen molar-refractivity contribution in [3.63, 3.8) is 0 Å². The Labute approximate surface area is 149 Å². The molecule has 2 aromatic rings. The minimum absolute atomic E-state index is 0.0427. The van der Waals surface area contributed by atoms with Gasteiger partial charge < -0.3 is 14.6 Å². The molecule has 0 aliphatic rings. The first-order valence-electron chi connectivity index (χ1n) is 7.95. The van der Waals surface area contributed by atoms with Crippen molar-refractivity contribution in [3.05, 3.63) is 51.4 Å². The number of ether oxygens (including phenoxy) is 1. The maximum Gasteiger partial charge on any atom is 0.306 e. The number of para-hydroxylation sites is 2. The summed E-state index contributed by atoms with van der Waals surface area (Å²) in [6.45, 7) is 4.93. The van der Waals surface area contributed by atoms with Crippen LogP contribution < -0.4 is 5.32 Å². The van der Waals surface area contributed by atoms with Crippen molar-refractivity contribution in [2.45, 2.75) is 39.7 Å². The summed E-state index contributed by atoms with van der Waals surface area (Å²) in [4.78, 5) is 34.4. The Morgan fingerprint density at radius 3 is 2.65 bits per heavy atom. The highest BCUT2D eigenvalue weighted by Crippen LogP contribution is 2.23. The number of aryl methyl sites for hydroxylation is 2. The molecule has 1 atom stereocenters. The standard InChI is InChI=1S/C17H19N3O6/c1-10-13(11(2)26-19-10)8-9-16(21)25-12(3)17(22)18-14-6-4-5-7-15(14)20(23)24/h4-7,12H,8-9H2,1-3H3,(H,18,22)/t12-/m0/s1. The van der Waals surface area contributed by atoms with Crippen LogP contribution in [0.4, 0.5) is 11.4 Å². The largest absolute Gasteiger partial charge is 0.453 e. The van der Waals surface area contributed by atoms with E-state index in [0.29, 0.717) is 17.9 Å². The fourth-order valence-electron chi connectivity index (χ4n) is 2.37. The van der Waals surface area contributed by atoms with Crippen molar-refractivity contribution in [2.75, 3.05) is 5.32 Å². The van der Waals surface area contributed by atoms with Gasteiger partial charge in [0, 0.05) is 18.1 Å². The van der Waals surface area contributed by atoms with Gasteiger partial charge in [0.1, 0.15) is 11.4 Å². The number of nitrogens with zero attached hydrogens (tertiary/aromatic N) is 2. The highest BCUT2D eigenvalue weighted by atomic mass is 16.6. The van der Waals surface area contributed by atoms with Crippen molar-refractivity contribution in [1.29, 1.82) is 0 Å². The third-order valence-electron chi connectivity index (χ3n) is 3.80. The van der Waals surface area contributed by atoms with Crippen LogP contribution in [0.15, 0.2) is 28.8 Å². The third kappa shape index (κ3) is 4.65. The van der Waals surface area contributed by atoms with E-state index in [0.717, 1.165) is 5.56 Å². The summed E-state index contributed by atoms with van der Waals surface area (Å²) in [6, 6.07) is 5.73. The summed E-state index contributed by atoms with van der Waals surface area (Å²) < 4.78 is 10.1. The lowest BCUT2D eigenvalue weighted by atomic mass is 10.1. The summed E-state index contributed by atoms with van der Waals surface area (Å²) in [6.07, 6.45) is -0.642. The summed E-state index contributed by atoms with van der Waals surface area (Å²) in [5.74, 6) is -0.572. The molecule has 9 heteroatoms. The number of esters is 1. The van der Waals surface area contributed by atoms with Crippen LogP contribution >= 0.6 is 0 Å². The average Bonchev–Trinajstić information content (AvgIpc) is 2.91. The lowest BCUT2D eigenvalue weighted by molar-refractivity contribution is -0.383. The van der Waals surface area contributed by atoms with Gasteiger partial charge in [-0.3, -0.25) is 19.7 Å². The maximum atomic E-state index is 12.1. The number of nitrogens with one attached hydrogen (secondary N) is 1. The zero-order valence-corrected chi connectivity index (χ0v) is 14.6. The number of nitro groups is 1. The molecule has 0 radical (unpaired) electrons. The number of carbonyl (C=O) groups is 2. The molecule has 1 N–H and O–H groups in total. The van der Waals surface area contributed by atoms with Crippen molar-refractivity contribution in [2.24, 2.45) is 0 Å². The number of benzene rings is 1. The maximum absolute atomic E-state index is 12.1. The van der Waals surface area contributed by atoms with E-state index in [4.69, 9.17) is 9.26 Å². The molecule has 0 bridgehead atoms. The first-order chi connectivity index (χ1) is 12.3. The third-order valence-corrected chi connectivity index (χ3v) is 3.80. The molecule has 0 aliphatic heterocycles. The first kappa shape index (κ1) is 19.1. The van der Waals surface area contributed by atoms with Crippen LogP contribution in [0.25, 0.3) is 0 Å². The predicted molar refractivity (Wildman–Crippen MR) is 91.6 cm³/mol. The van der Waals surface area contributed by atoms with Crippen molar-refractivity contribution in [3.8, 4) is 0 Å². The van der Waals surface area contributed by atoms with Crippen LogP contribution in [0.1, 0.15) is 30.4 Å². The number of hydrogen-bond acceptors (Lipinski definition) is 7. The summed E-state index contributed by atoms with van der Waals surface area (Å²) in [7, 11) is 0. The van der Waals surface area contributed by atoms with E-state index in [2.05, 4.69) is 10.5 Å². The lowest BCUT2D eigenvalue weighted by Crippen LogP contribution is -2.30. The molecule has 0 unspecified atom stereocenters. The molecule has 1 heterocycles. The van der Waals surface area contributed by atoms with Gasteiger partial charge in [0.15, 0.2) is 6.10 Å². The topological polar surface area (TPSA) is 125 Å². The van der Waals surface area contributed by atoms with Crippen LogP contribution in [-0.4, -0.2) is 28.1 Å². The van der Waals surface area contributed by atoms with Crippen LogP contribution in [0.3, 0.4) is 0 Å². The van der Waals surface area contributed by atoms with E-state index in [1.54, 1.807) is 19.9 Å². The van der Waals surface area contributed by atoms with Crippen LogP contribution in [0.5, 0.6) is 0 Å². The van der Waals surface area contributed by atoms with Crippen LogP contribution in [-0.2, 0) is 20.7 Å². The molecule has 0 saturated carbocycles. The second kappa shape index (κ2) is 8.24. The number of carbonyl (C=O) groups excluding carboxylic acids is 2. The molecule has 138 valence electrons. The van der Waals surface area contributed by atoms with E-state index in [1.165, 1.54) is 25.1 Å². The highest BCUT2D eigenvalue weighted by Gasteiger charge is 2.22. The second-order valence-electron chi connectivity index (χ2n) is 5.70. The Morgan fingerprint density at radius 1 is 1.35 bits per heavy atom. The Hall–Kier alpha value is -3.23. The Balaban J connectivity index is 1.90. The van der Waals surface area contributed by atoms with E-state index in [9.17, 15) is 19.7 Å². The SMILES string of the molecule is Cc1noc(C)c1CCC(=O)O[C@@H](C)C(=O)Nc1ccccc1[N+](=O)[O-]. The lowest BCUT2D eigenvalue weighted by Gasteiger charge is -2.13. The number of hydrogen-bond donors (Lipinski definition) is 1. The number of amides is 1. The molecule has 0 spiro atoms. The Morgan fingerprint density at radius 2 is 2.04 bits per heavy atom. The average molecular weight is 361 g/mol. The molecule has 1 aromatic heterocycles. The van der Waals surface area contributed by atoms with Gasteiger partial charge in [-0.1, -0.05) is 17.3 Å². The molecule has 0 aliphatic carbocycles. The molecule has 9 nitrogen and oxygen atoms in total. The van der Waals surface area contributed by atoms with Gasteiger partial charge in [0.05, 0.1) is 10.6 Å². The van der Waals surface area contributed by atoms with Gasteiger partial charge in [0.25, 0.3) is 11.6 Å². The Kier molecular flexibility index (Phi) is 6.05. The summed E-state index contributed by atoms with van der Waals surface area (Å²) >= 11 is 0. The predicted octanol–water partition coefficient (Wildman–Crippen LogP) is 2.70. The Bertz CT molecular complexity index is 810. The number of nitro benzene ring substituents is 1. The van der Waals surface area contributed by atoms with Gasteiger partial charge in [-0.05, 0) is 33.3 Å². The molecule has 26 heavy (non-hydrogen) atoms. The van der Waals surface area contributed by atoms with Gasteiger partial charge >= 0.3 is 5.97 Å².